The van der Waals surface area contributed by atoms with Gasteiger partial charge in [0.15, 0.2) is 0 Å². The summed E-state index contributed by atoms with van der Waals surface area (Å²) >= 11 is 0. The van der Waals surface area contributed by atoms with Crippen LogP contribution in [0.2, 0.25) is 0 Å². The number of methoxy groups -OCH3 is 1. The highest BCUT2D eigenvalue weighted by atomic mass is 16.6. The monoisotopic (exact) mass is 355 g/mol. The molecule has 26 heavy (non-hydrogen) atoms. The second-order valence-corrected chi connectivity index (χ2v) is 5.69. The van der Waals surface area contributed by atoms with E-state index in [2.05, 4.69) is 10.1 Å². The van der Waals surface area contributed by atoms with Crippen molar-refractivity contribution in [2.75, 3.05) is 7.11 Å². The van der Waals surface area contributed by atoms with E-state index in [1.807, 2.05) is 60.7 Å². The van der Waals surface area contributed by atoms with Crippen LogP contribution < -0.4 is 5.32 Å². The molecule has 0 aliphatic heterocycles. The van der Waals surface area contributed by atoms with Gasteiger partial charge in [0.25, 0.3) is 0 Å². The summed E-state index contributed by atoms with van der Waals surface area (Å²) in [5, 5.41) is 2.40. The Balaban J connectivity index is 1.88. The van der Waals surface area contributed by atoms with Crippen LogP contribution in [0.5, 0.6) is 0 Å². The molecule has 0 heterocycles. The van der Waals surface area contributed by atoms with Gasteiger partial charge in [-0.3, -0.25) is 4.79 Å². The number of nitrogens with one attached hydrogen (secondary N) is 1. The van der Waals surface area contributed by atoms with E-state index in [9.17, 15) is 14.4 Å². The van der Waals surface area contributed by atoms with Crippen LogP contribution in [0.4, 0.5) is 4.79 Å². The van der Waals surface area contributed by atoms with Gasteiger partial charge in [-0.15, -0.1) is 0 Å². The summed E-state index contributed by atoms with van der Waals surface area (Å²) in [5.74, 6) is -0.877. The Morgan fingerprint density at radius 3 is 2.08 bits per heavy atom. The first-order valence-electron chi connectivity index (χ1n) is 8.19. The Bertz CT molecular complexity index is 730. The fraction of sp³-hybridized carbons (Fsp3) is 0.250. The van der Waals surface area contributed by atoms with Crippen LogP contribution in [0, 0.1) is 0 Å². The van der Waals surface area contributed by atoms with Gasteiger partial charge in [-0.1, -0.05) is 60.7 Å². The van der Waals surface area contributed by atoms with E-state index in [4.69, 9.17) is 4.74 Å². The first kappa shape index (κ1) is 19.2. The number of rotatable bonds is 8. The summed E-state index contributed by atoms with van der Waals surface area (Å²) in [6.07, 6.45) is -0.770. The minimum atomic E-state index is -1.08. The zero-order valence-electron chi connectivity index (χ0n) is 14.5. The zero-order valence-corrected chi connectivity index (χ0v) is 14.5. The molecule has 0 aliphatic carbocycles. The number of ketones is 1. The van der Waals surface area contributed by atoms with E-state index in [1.165, 1.54) is 7.11 Å². The summed E-state index contributed by atoms with van der Waals surface area (Å²) < 4.78 is 9.75. The Morgan fingerprint density at radius 2 is 1.50 bits per heavy atom. The number of hydrogen-bond donors (Lipinski definition) is 1. The van der Waals surface area contributed by atoms with Gasteiger partial charge >= 0.3 is 12.1 Å². The maximum atomic E-state index is 12.2. The summed E-state index contributed by atoms with van der Waals surface area (Å²) in [6.45, 7) is 0.0680. The molecular weight excluding hydrogens is 334 g/mol. The van der Waals surface area contributed by atoms with E-state index in [0.717, 1.165) is 11.1 Å². The molecule has 2 aromatic carbocycles. The van der Waals surface area contributed by atoms with Crippen LogP contribution in [0.15, 0.2) is 60.7 Å². The van der Waals surface area contributed by atoms with Crippen LogP contribution in [0.25, 0.3) is 0 Å². The minimum Gasteiger partial charge on any atom is -0.467 e. The molecule has 2 aromatic rings. The molecule has 2 rings (SSSR count). The van der Waals surface area contributed by atoms with Gasteiger partial charge in [-0.2, -0.15) is 0 Å². The normalized spacial score (nSPS) is 11.3. The van der Waals surface area contributed by atoms with Gasteiger partial charge < -0.3 is 14.8 Å². The van der Waals surface area contributed by atoms with Gasteiger partial charge in [-0.05, 0) is 11.1 Å². The highest BCUT2D eigenvalue weighted by Crippen LogP contribution is 2.06. The molecular formula is C20H21NO5. The third-order valence-electron chi connectivity index (χ3n) is 3.67. The number of Topliss-reactive ketones (excluding diaryl/α,β-unsaturated/α-hetero) is 1. The Labute approximate surface area is 152 Å². The number of ether oxygens (including phenoxy) is 2. The van der Waals surface area contributed by atoms with E-state index < -0.39 is 18.1 Å². The fourth-order valence-corrected chi connectivity index (χ4v) is 2.37. The minimum absolute atomic E-state index is 0.0680. The second-order valence-electron chi connectivity index (χ2n) is 5.69. The van der Waals surface area contributed by atoms with Crippen molar-refractivity contribution in [2.24, 2.45) is 0 Å². The number of alkyl carbamates (subject to hydrolysis) is 1. The molecule has 0 aromatic heterocycles. The molecule has 136 valence electrons. The molecule has 0 bridgehead atoms. The Kier molecular flexibility index (Phi) is 7.36. The van der Waals surface area contributed by atoms with Crippen LogP contribution in [-0.2, 0) is 32.1 Å². The molecule has 0 spiro atoms. The number of benzene rings is 2. The standard InChI is InChI=1S/C20H21NO5/c1-25-19(23)18(13-17(22)12-15-8-4-2-5-9-15)21-20(24)26-14-16-10-6-3-7-11-16/h2-11,18H,12-14H2,1H3,(H,21,24). The van der Waals surface area contributed by atoms with Crippen LogP contribution in [-0.4, -0.2) is 31.0 Å². The van der Waals surface area contributed by atoms with Gasteiger partial charge in [0, 0.05) is 12.8 Å². The SMILES string of the molecule is COC(=O)C(CC(=O)Cc1ccccc1)NC(=O)OCc1ccccc1. The van der Waals surface area contributed by atoms with E-state index in [0.29, 0.717) is 0 Å². The van der Waals surface area contributed by atoms with Gasteiger partial charge in [-0.25, -0.2) is 9.59 Å². The Hall–Kier alpha value is -3.15. The molecule has 6 heteroatoms. The molecule has 0 radical (unpaired) electrons. The molecule has 0 fully saturated rings. The molecule has 0 aliphatic rings. The van der Waals surface area contributed by atoms with E-state index in [-0.39, 0.29) is 25.2 Å². The maximum absolute atomic E-state index is 12.2. The largest absolute Gasteiger partial charge is 0.467 e. The van der Waals surface area contributed by atoms with Crippen molar-refractivity contribution in [3.63, 3.8) is 0 Å². The quantitative estimate of drug-likeness (QED) is 0.736. The molecule has 1 amide bonds. The van der Waals surface area contributed by atoms with Crippen molar-refractivity contribution in [3.8, 4) is 0 Å². The summed E-state index contributed by atoms with van der Waals surface area (Å²) in [6, 6.07) is 17.2. The van der Waals surface area contributed by atoms with Crippen molar-refractivity contribution in [2.45, 2.75) is 25.5 Å². The highest BCUT2D eigenvalue weighted by molar-refractivity contribution is 5.89. The number of carbonyl (C=O) groups excluding carboxylic acids is 3. The van der Waals surface area contributed by atoms with Crippen molar-refractivity contribution >= 4 is 17.8 Å². The maximum Gasteiger partial charge on any atom is 0.408 e. The first-order valence-corrected chi connectivity index (χ1v) is 8.19. The van der Waals surface area contributed by atoms with Crippen molar-refractivity contribution in [1.82, 2.24) is 5.32 Å². The lowest BCUT2D eigenvalue weighted by Crippen LogP contribution is -2.43. The Morgan fingerprint density at radius 1 is 0.923 bits per heavy atom. The molecule has 1 N–H and O–H groups in total. The predicted molar refractivity (Wildman–Crippen MR) is 95.3 cm³/mol. The molecule has 1 unspecified atom stereocenters. The number of amides is 1. The van der Waals surface area contributed by atoms with Crippen LogP contribution in [0.3, 0.4) is 0 Å². The van der Waals surface area contributed by atoms with E-state index in [1.54, 1.807) is 0 Å². The van der Waals surface area contributed by atoms with Crippen LogP contribution >= 0.6 is 0 Å². The lowest BCUT2D eigenvalue weighted by Gasteiger charge is -2.16. The van der Waals surface area contributed by atoms with Crippen LogP contribution in [0.1, 0.15) is 17.5 Å². The fourth-order valence-electron chi connectivity index (χ4n) is 2.37. The van der Waals surface area contributed by atoms with Crippen molar-refractivity contribution < 1.29 is 23.9 Å². The molecule has 0 saturated heterocycles. The summed E-state index contributed by atoms with van der Waals surface area (Å²) in [4.78, 5) is 36.0. The third kappa shape index (κ3) is 6.39. The smallest absolute Gasteiger partial charge is 0.408 e. The number of carbonyl (C=O) groups is 3. The molecule has 0 saturated carbocycles. The topological polar surface area (TPSA) is 81.7 Å². The molecule has 6 nitrogen and oxygen atoms in total. The average Bonchev–Trinajstić information content (AvgIpc) is 2.66. The third-order valence-corrected chi connectivity index (χ3v) is 3.67. The number of hydrogen-bond acceptors (Lipinski definition) is 5. The molecule has 1 atom stereocenters. The lowest BCUT2D eigenvalue weighted by atomic mass is 10.0. The first-order chi connectivity index (χ1) is 12.6. The van der Waals surface area contributed by atoms with Crippen molar-refractivity contribution in [3.05, 3.63) is 71.8 Å². The summed E-state index contributed by atoms with van der Waals surface area (Å²) in [5.41, 5.74) is 1.66. The second kappa shape index (κ2) is 9.98. The lowest BCUT2D eigenvalue weighted by molar-refractivity contribution is -0.144. The van der Waals surface area contributed by atoms with Gasteiger partial charge in [0.2, 0.25) is 0 Å². The van der Waals surface area contributed by atoms with Gasteiger partial charge in [0.1, 0.15) is 18.4 Å². The average molecular weight is 355 g/mol. The highest BCUT2D eigenvalue weighted by Gasteiger charge is 2.25. The number of esters is 1. The summed E-state index contributed by atoms with van der Waals surface area (Å²) in [7, 11) is 1.20. The van der Waals surface area contributed by atoms with E-state index >= 15 is 0 Å². The van der Waals surface area contributed by atoms with Crippen molar-refractivity contribution in [1.29, 1.82) is 0 Å². The zero-order chi connectivity index (χ0) is 18.8. The van der Waals surface area contributed by atoms with Gasteiger partial charge in [0.05, 0.1) is 7.11 Å². The predicted octanol–water partition coefficient (Wildman–Crippen LogP) is 2.66.